The molecule has 0 saturated carbocycles. The molecule has 152 valence electrons. The fourth-order valence-corrected chi connectivity index (χ4v) is 3.08. The third kappa shape index (κ3) is 5.44. The second kappa shape index (κ2) is 9.37. The monoisotopic (exact) mass is 393 g/mol. The number of aromatic nitrogens is 2. The van der Waals surface area contributed by atoms with Crippen LogP contribution in [0.2, 0.25) is 0 Å². The van der Waals surface area contributed by atoms with E-state index in [9.17, 15) is 4.79 Å². The van der Waals surface area contributed by atoms with Crippen LogP contribution in [0.25, 0.3) is 11.5 Å². The van der Waals surface area contributed by atoms with E-state index in [0.717, 1.165) is 11.1 Å². The van der Waals surface area contributed by atoms with Crippen molar-refractivity contribution in [3.05, 3.63) is 66.1 Å². The van der Waals surface area contributed by atoms with Crippen LogP contribution in [0.4, 0.5) is 0 Å². The van der Waals surface area contributed by atoms with Gasteiger partial charge in [-0.3, -0.25) is 4.79 Å². The fraction of sp³-hybridized carbons (Fsp3) is 0.348. The number of nitrogens with one attached hydrogen (secondary N) is 1. The average molecular weight is 393 g/mol. The Morgan fingerprint density at radius 3 is 2.21 bits per heavy atom. The highest BCUT2D eigenvalue weighted by Gasteiger charge is 2.19. The molecular formula is C23H27N3O3. The number of ether oxygens (including phenoxy) is 1. The molecule has 0 saturated heterocycles. The Balaban J connectivity index is 1.57. The van der Waals surface area contributed by atoms with E-state index < -0.39 is 0 Å². The van der Waals surface area contributed by atoms with Gasteiger partial charge in [0.1, 0.15) is 5.75 Å². The molecule has 1 N–H and O–H groups in total. The van der Waals surface area contributed by atoms with Crippen molar-refractivity contribution in [1.29, 1.82) is 0 Å². The van der Waals surface area contributed by atoms with Gasteiger partial charge in [-0.25, -0.2) is 0 Å². The minimum absolute atomic E-state index is 0.0484. The van der Waals surface area contributed by atoms with Gasteiger partial charge in [-0.05, 0) is 47.2 Å². The van der Waals surface area contributed by atoms with E-state index >= 15 is 0 Å². The van der Waals surface area contributed by atoms with Crippen molar-refractivity contribution < 1.29 is 13.9 Å². The second-order valence-electron chi connectivity index (χ2n) is 7.67. The van der Waals surface area contributed by atoms with E-state index in [-0.39, 0.29) is 24.5 Å². The Bertz CT molecular complexity index is 902. The van der Waals surface area contributed by atoms with E-state index in [0.29, 0.717) is 17.6 Å². The zero-order valence-electron chi connectivity index (χ0n) is 17.3. The Labute approximate surface area is 171 Å². The second-order valence-corrected chi connectivity index (χ2v) is 7.67. The molecule has 0 fully saturated rings. The SMILES string of the molecule is CC(C)c1ccc(C(NC(=O)COc2ccc(-c3nnco3)cc2)C(C)C)cc1. The van der Waals surface area contributed by atoms with Crippen LogP contribution in [0.3, 0.4) is 0 Å². The lowest BCUT2D eigenvalue weighted by Crippen LogP contribution is -2.35. The normalized spacial score (nSPS) is 12.2. The molecule has 2 aromatic carbocycles. The predicted octanol–water partition coefficient (Wildman–Crippen LogP) is 4.75. The van der Waals surface area contributed by atoms with E-state index in [4.69, 9.17) is 9.15 Å². The molecule has 0 radical (unpaired) electrons. The third-order valence-electron chi connectivity index (χ3n) is 4.78. The summed E-state index contributed by atoms with van der Waals surface area (Å²) >= 11 is 0. The first-order valence-corrected chi connectivity index (χ1v) is 9.82. The first-order valence-electron chi connectivity index (χ1n) is 9.82. The molecule has 0 spiro atoms. The highest BCUT2D eigenvalue weighted by Crippen LogP contribution is 2.24. The number of amides is 1. The number of hydrogen-bond donors (Lipinski definition) is 1. The third-order valence-corrected chi connectivity index (χ3v) is 4.78. The summed E-state index contributed by atoms with van der Waals surface area (Å²) in [5.41, 5.74) is 3.18. The molecule has 0 aliphatic rings. The fourth-order valence-electron chi connectivity index (χ4n) is 3.08. The van der Waals surface area contributed by atoms with Gasteiger partial charge in [0.15, 0.2) is 6.61 Å². The van der Waals surface area contributed by atoms with Crippen LogP contribution < -0.4 is 10.1 Å². The molecule has 1 aromatic heterocycles. The summed E-state index contributed by atoms with van der Waals surface area (Å²) < 4.78 is 10.8. The van der Waals surface area contributed by atoms with Crippen LogP contribution in [0, 0.1) is 5.92 Å². The molecule has 6 heteroatoms. The molecule has 1 atom stereocenters. The molecule has 0 aliphatic heterocycles. The van der Waals surface area contributed by atoms with Crippen molar-refractivity contribution in [2.75, 3.05) is 6.61 Å². The maximum Gasteiger partial charge on any atom is 0.258 e. The predicted molar refractivity (Wildman–Crippen MR) is 111 cm³/mol. The van der Waals surface area contributed by atoms with Crippen LogP contribution in [0.15, 0.2) is 59.3 Å². The lowest BCUT2D eigenvalue weighted by atomic mass is 9.93. The minimum Gasteiger partial charge on any atom is -0.484 e. The maximum atomic E-state index is 12.5. The van der Waals surface area contributed by atoms with E-state index in [1.54, 1.807) is 12.1 Å². The van der Waals surface area contributed by atoms with E-state index in [2.05, 4.69) is 67.5 Å². The Hall–Kier alpha value is -3.15. The molecule has 29 heavy (non-hydrogen) atoms. The Morgan fingerprint density at radius 1 is 1.00 bits per heavy atom. The van der Waals surface area contributed by atoms with Gasteiger partial charge in [-0.1, -0.05) is 52.0 Å². The summed E-state index contributed by atoms with van der Waals surface area (Å²) in [4.78, 5) is 12.5. The number of carbonyl (C=O) groups is 1. The van der Waals surface area contributed by atoms with Gasteiger partial charge in [0.25, 0.3) is 5.91 Å². The van der Waals surface area contributed by atoms with Gasteiger partial charge in [0.05, 0.1) is 6.04 Å². The topological polar surface area (TPSA) is 77.2 Å². The lowest BCUT2D eigenvalue weighted by molar-refractivity contribution is -0.124. The molecule has 0 aliphatic carbocycles. The van der Waals surface area contributed by atoms with Gasteiger partial charge < -0.3 is 14.5 Å². The number of benzene rings is 2. The van der Waals surface area contributed by atoms with Crippen LogP contribution >= 0.6 is 0 Å². The number of hydrogen-bond acceptors (Lipinski definition) is 5. The zero-order chi connectivity index (χ0) is 20.8. The van der Waals surface area contributed by atoms with Crippen molar-refractivity contribution in [1.82, 2.24) is 15.5 Å². The van der Waals surface area contributed by atoms with Crippen molar-refractivity contribution in [3.8, 4) is 17.2 Å². The molecular weight excluding hydrogens is 366 g/mol. The number of carbonyl (C=O) groups excluding carboxylic acids is 1. The molecule has 0 bridgehead atoms. The first-order chi connectivity index (χ1) is 13.9. The molecule has 3 rings (SSSR count). The largest absolute Gasteiger partial charge is 0.484 e. The summed E-state index contributed by atoms with van der Waals surface area (Å²) in [5, 5.41) is 10.6. The highest BCUT2D eigenvalue weighted by molar-refractivity contribution is 5.78. The summed E-state index contributed by atoms with van der Waals surface area (Å²) in [6.07, 6.45) is 1.28. The molecule has 6 nitrogen and oxygen atoms in total. The molecule has 1 amide bonds. The van der Waals surface area contributed by atoms with Crippen molar-refractivity contribution in [2.24, 2.45) is 5.92 Å². The van der Waals surface area contributed by atoms with Gasteiger partial charge in [-0.2, -0.15) is 0 Å². The number of nitrogens with zero attached hydrogens (tertiary/aromatic N) is 2. The van der Waals surface area contributed by atoms with Gasteiger partial charge >= 0.3 is 0 Å². The molecule has 3 aromatic rings. The van der Waals surface area contributed by atoms with Crippen LogP contribution in [0.5, 0.6) is 5.75 Å². The van der Waals surface area contributed by atoms with E-state index in [1.807, 2.05) is 12.1 Å². The standard InChI is InChI=1S/C23H27N3O3/c1-15(2)17-5-7-18(8-6-17)22(16(3)4)25-21(27)13-28-20-11-9-19(10-12-20)23-26-24-14-29-23/h5-12,14-16,22H,13H2,1-4H3,(H,25,27). The van der Waals surface area contributed by atoms with E-state index in [1.165, 1.54) is 12.0 Å². The smallest absolute Gasteiger partial charge is 0.258 e. The highest BCUT2D eigenvalue weighted by atomic mass is 16.5. The minimum atomic E-state index is -0.155. The Kier molecular flexibility index (Phi) is 6.65. The van der Waals surface area contributed by atoms with Crippen molar-refractivity contribution in [2.45, 2.75) is 39.7 Å². The van der Waals surface area contributed by atoms with Gasteiger partial charge in [0.2, 0.25) is 12.3 Å². The van der Waals surface area contributed by atoms with Crippen molar-refractivity contribution in [3.63, 3.8) is 0 Å². The molecule has 1 unspecified atom stereocenters. The quantitative estimate of drug-likeness (QED) is 0.597. The number of rotatable bonds is 8. The molecule has 1 heterocycles. The average Bonchev–Trinajstić information content (AvgIpc) is 3.25. The summed E-state index contributed by atoms with van der Waals surface area (Å²) in [6, 6.07) is 15.6. The summed E-state index contributed by atoms with van der Waals surface area (Å²) in [7, 11) is 0. The van der Waals surface area contributed by atoms with Crippen LogP contribution in [0.1, 0.15) is 50.8 Å². The van der Waals surface area contributed by atoms with Crippen LogP contribution in [-0.2, 0) is 4.79 Å². The van der Waals surface area contributed by atoms with Crippen LogP contribution in [-0.4, -0.2) is 22.7 Å². The Morgan fingerprint density at radius 2 is 1.66 bits per heavy atom. The lowest BCUT2D eigenvalue weighted by Gasteiger charge is -2.23. The summed E-state index contributed by atoms with van der Waals surface area (Å²) in [6.45, 7) is 8.48. The van der Waals surface area contributed by atoms with Crippen molar-refractivity contribution >= 4 is 5.91 Å². The van der Waals surface area contributed by atoms with Gasteiger partial charge in [-0.15, -0.1) is 10.2 Å². The van der Waals surface area contributed by atoms with Gasteiger partial charge in [0, 0.05) is 5.56 Å². The zero-order valence-corrected chi connectivity index (χ0v) is 17.3. The first kappa shape index (κ1) is 20.6. The maximum absolute atomic E-state index is 12.5. The summed E-state index contributed by atoms with van der Waals surface area (Å²) in [5.74, 6) is 1.63.